The Balaban J connectivity index is 0.00000150. The summed E-state index contributed by atoms with van der Waals surface area (Å²) >= 11 is -0.959. The molecule has 3 heteroatoms. The third kappa shape index (κ3) is 4.91. The zero-order chi connectivity index (χ0) is 18.8. The molecular weight excluding hydrogens is 474 g/mol. The number of hydrogen-bond donors (Lipinski definition) is 0. The fourth-order valence-corrected chi connectivity index (χ4v) is 8.45. The van der Waals surface area contributed by atoms with Crippen LogP contribution in [0.2, 0.25) is 0 Å². The van der Waals surface area contributed by atoms with Crippen LogP contribution in [0.1, 0.15) is 38.3 Å². The molecule has 0 nitrogen and oxygen atoms in total. The van der Waals surface area contributed by atoms with E-state index in [-0.39, 0.29) is 24.8 Å². The van der Waals surface area contributed by atoms with E-state index in [2.05, 4.69) is 99.7 Å². The van der Waals surface area contributed by atoms with Crippen LogP contribution >= 0.6 is 0 Å². The summed E-state index contributed by atoms with van der Waals surface area (Å²) < 4.78 is 3.33. The first kappa shape index (κ1) is 24.0. The van der Waals surface area contributed by atoms with Gasteiger partial charge in [0.1, 0.15) is 0 Å². The molecule has 1 unspecified atom stereocenters. The van der Waals surface area contributed by atoms with Crippen LogP contribution in [0.3, 0.4) is 0 Å². The van der Waals surface area contributed by atoms with Gasteiger partial charge in [-0.3, -0.25) is 0 Å². The van der Waals surface area contributed by atoms with Gasteiger partial charge in [0.05, 0.1) is 0 Å². The topological polar surface area (TPSA) is 0 Å². The van der Waals surface area contributed by atoms with Gasteiger partial charge >= 0.3 is 175 Å². The quantitative estimate of drug-likeness (QED) is 0.574. The first-order valence-electron chi connectivity index (χ1n) is 9.69. The molecule has 0 radical (unpaired) electrons. The molecule has 0 fully saturated rings. The summed E-state index contributed by atoms with van der Waals surface area (Å²) in [6.07, 6.45) is 7.92. The second-order valence-electron chi connectivity index (χ2n) is 7.37. The summed E-state index contributed by atoms with van der Waals surface area (Å²) in [6, 6.07) is 22.0. The smallest absolute Gasteiger partial charge is 1.00 e. The maximum Gasteiger partial charge on any atom is -1.00 e. The average Bonchev–Trinajstić information content (AvgIpc) is 3.31. The Morgan fingerprint density at radius 3 is 1.90 bits per heavy atom. The van der Waals surface area contributed by atoms with Crippen LogP contribution in [0.4, 0.5) is 0 Å². The molecule has 0 bridgehead atoms. The molecule has 0 heterocycles. The van der Waals surface area contributed by atoms with Gasteiger partial charge in [-0.15, -0.1) is 0 Å². The fourth-order valence-electron chi connectivity index (χ4n) is 4.03. The summed E-state index contributed by atoms with van der Waals surface area (Å²) in [5, 5.41) is 0. The fraction of sp³-hybridized carbons (Fsp3) is 0.192. The van der Waals surface area contributed by atoms with Crippen molar-refractivity contribution >= 4 is 3.21 Å². The molecule has 29 heavy (non-hydrogen) atoms. The van der Waals surface area contributed by atoms with Crippen LogP contribution in [-0.2, 0) is 22.8 Å². The van der Waals surface area contributed by atoms with E-state index in [1.165, 1.54) is 22.3 Å². The van der Waals surface area contributed by atoms with Gasteiger partial charge in [-0.1, -0.05) is 0 Å². The molecule has 1 atom stereocenters. The van der Waals surface area contributed by atoms with Crippen molar-refractivity contribution in [1.82, 2.24) is 0 Å². The van der Waals surface area contributed by atoms with Crippen molar-refractivity contribution in [2.45, 2.75) is 27.2 Å². The Morgan fingerprint density at radius 2 is 1.41 bits per heavy atom. The molecule has 147 valence electrons. The number of benzene rings is 2. The van der Waals surface area contributed by atoms with Crippen molar-refractivity contribution in [3.63, 3.8) is 0 Å². The summed E-state index contributed by atoms with van der Waals surface area (Å²) in [5.41, 5.74) is 8.99. The third-order valence-corrected chi connectivity index (χ3v) is 10.2. The normalized spacial score (nSPS) is 17.5. The van der Waals surface area contributed by atoms with Crippen LogP contribution in [-0.4, -0.2) is 3.21 Å². The Bertz CT molecular complexity index is 968. The minimum Gasteiger partial charge on any atom is -1.00 e. The average molecular weight is 500 g/mol. The summed E-state index contributed by atoms with van der Waals surface area (Å²) in [6.45, 7) is 7.08. The van der Waals surface area contributed by atoms with E-state index in [0.717, 1.165) is 6.42 Å². The Hall–Kier alpha value is -1.27. The van der Waals surface area contributed by atoms with Gasteiger partial charge in [-0.2, -0.15) is 0 Å². The Kier molecular flexibility index (Phi) is 8.83. The molecule has 2 aromatic rings. The van der Waals surface area contributed by atoms with Crippen LogP contribution in [0, 0.1) is 5.92 Å². The van der Waals surface area contributed by atoms with Crippen molar-refractivity contribution in [1.29, 1.82) is 0 Å². The summed E-state index contributed by atoms with van der Waals surface area (Å²) in [5.74, 6) is 0.579. The maximum absolute atomic E-state index is 2.42. The number of rotatable bonds is 4. The molecular formula is C26H25Cl2Zr. The van der Waals surface area contributed by atoms with E-state index in [0.29, 0.717) is 5.92 Å². The Labute approximate surface area is 198 Å². The van der Waals surface area contributed by atoms with Crippen molar-refractivity contribution in [2.75, 3.05) is 0 Å². The second kappa shape index (κ2) is 10.7. The largest absolute Gasteiger partial charge is 1.00 e. The van der Waals surface area contributed by atoms with E-state index in [4.69, 9.17) is 0 Å². The van der Waals surface area contributed by atoms with Gasteiger partial charge in [0.25, 0.3) is 0 Å². The van der Waals surface area contributed by atoms with E-state index in [9.17, 15) is 0 Å². The monoisotopic (exact) mass is 497 g/mol. The van der Waals surface area contributed by atoms with E-state index in [1.54, 1.807) is 17.6 Å². The zero-order valence-corrected chi connectivity index (χ0v) is 21.0. The van der Waals surface area contributed by atoms with Crippen molar-refractivity contribution in [2.24, 2.45) is 5.92 Å². The third-order valence-electron chi connectivity index (χ3n) is 5.80. The Morgan fingerprint density at radius 1 is 0.862 bits per heavy atom. The minimum absolute atomic E-state index is 0. The van der Waals surface area contributed by atoms with E-state index >= 15 is 0 Å². The molecule has 0 aromatic heterocycles. The summed E-state index contributed by atoms with van der Waals surface area (Å²) in [4.78, 5) is 0. The number of halogens is 2. The number of allylic oxidation sites excluding steroid dienone is 8. The maximum atomic E-state index is 2.42. The molecule has 0 aliphatic heterocycles. The van der Waals surface area contributed by atoms with Gasteiger partial charge in [0.2, 0.25) is 0 Å². The van der Waals surface area contributed by atoms with Gasteiger partial charge in [0.15, 0.2) is 0 Å². The first-order valence-corrected chi connectivity index (χ1v) is 12.2. The molecule has 0 spiro atoms. The predicted octanol–water partition coefficient (Wildman–Crippen LogP) is 0.472. The molecule has 0 N–H and O–H groups in total. The molecule has 0 amide bonds. The zero-order valence-electron chi connectivity index (χ0n) is 17.0. The number of hydrogen-bond acceptors (Lipinski definition) is 0. The van der Waals surface area contributed by atoms with Gasteiger partial charge in [-0.05, 0) is 0 Å². The molecule has 0 saturated heterocycles. The van der Waals surface area contributed by atoms with Crippen molar-refractivity contribution in [3.05, 3.63) is 116 Å². The van der Waals surface area contributed by atoms with Gasteiger partial charge in [0, 0.05) is 0 Å². The molecule has 2 aliphatic carbocycles. The minimum atomic E-state index is -0.959. The second-order valence-corrected chi connectivity index (χ2v) is 10.5. The molecule has 4 rings (SSSR count). The predicted molar refractivity (Wildman–Crippen MR) is 112 cm³/mol. The molecule has 2 aromatic carbocycles. The SMILES string of the molecule is CC1=C(C)C(C)[C]([Zr+2]=[C](c2ccccc2)c2ccccc2)=C1C1=CC=CC1.[Cl-].[Cl-]. The van der Waals surface area contributed by atoms with Gasteiger partial charge < -0.3 is 24.8 Å². The van der Waals surface area contributed by atoms with E-state index < -0.39 is 22.8 Å². The molecule has 2 aliphatic rings. The summed E-state index contributed by atoms with van der Waals surface area (Å²) in [7, 11) is 0. The van der Waals surface area contributed by atoms with Crippen LogP contribution in [0.15, 0.2) is 104 Å². The van der Waals surface area contributed by atoms with Crippen molar-refractivity contribution < 1.29 is 47.6 Å². The molecule has 0 saturated carbocycles. The van der Waals surface area contributed by atoms with Crippen LogP contribution in [0.25, 0.3) is 0 Å². The first-order chi connectivity index (χ1) is 13.2. The standard InChI is InChI=1S/C13H15.C13H10.2ClH.Zr/c1-9-8-13(11(3)10(9)2)12-6-4-5-7-12;1-3-7-12(8-4-1)11-13-9-5-2-6-10-13;;;/h4-6,9H,7H2,1-3H3;1-10H;2*1H;/q;;;;+2/p-2. The van der Waals surface area contributed by atoms with Crippen molar-refractivity contribution in [3.8, 4) is 0 Å². The van der Waals surface area contributed by atoms with E-state index in [1.807, 2.05) is 0 Å². The van der Waals surface area contributed by atoms with Crippen LogP contribution in [0.5, 0.6) is 0 Å². The van der Waals surface area contributed by atoms with Gasteiger partial charge in [-0.25, -0.2) is 0 Å². The van der Waals surface area contributed by atoms with Crippen LogP contribution < -0.4 is 24.8 Å².